The van der Waals surface area contributed by atoms with Crippen LogP contribution in [0.5, 0.6) is 0 Å². The summed E-state index contributed by atoms with van der Waals surface area (Å²) in [5.41, 5.74) is 2.82. The summed E-state index contributed by atoms with van der Waals surface area (Å²) in [7, 11) is 0. The molecule has 2 aromatic rings. The highest BCUT2D eigenvalue weighted by Crippen LogP contribution is 2.13. The van der Waals surface area contributed by atoms with Crippen LogP contribution in [-0.2, 0) is 11.2 Å². The van der Waals surface area contributed by atoms with Crippen molar-refractivity contribution in [3.63, 3.8) is 0 Å². The number of nitrogens with one attached hydrogen (secondary N) is 1. The average molecular weight is 273 g/mol. The highest BCUT2D eigenvalue weighted by molar-refractivity contribution is 5.81. The summed E-state index contributed by atoms with van der Waals surface area (Å²) in [6.07, 6.45) is 2.87. The van der Waals surface area contributed by atoms with Crippen LogP contribution in [0.3, 0.4) is 0 Å². The maximum Gasteiger partial charge on any atom is 0.269 e. The number of nitro benzene ring substituents is 1. The molecule has 2 rings (SSSR count). The van der Waals surface area contributed by atoms with E-state index in [0.29, 0.717) is 11.3 Å². The zero-order chi connectivity index (χ0) is 14.4. The minimum absolute atomic E-state index is 0.0111. The van der Waals surface area contributed by atoms with E-state index in [1.54, 1.807) is 18.2 Å². The lowest BCUT2D eigenvalue weighted by Crippen LogP contribution is -2.19. The molecule has 0 saturated heterocycles. The van der Waals surface area contributed by atoms with E-state index in [-0.39, 0.29) is 18.0 Å². The molecule has 0 aliphatic heterocycles. The Hall–Kier alpha value is -2.96. The molecule has 1 aromatic heterocycles. The molecule has 1 heterocycles. The van der Waals surface area contributed by atoms with E-state index in [1.165, 1.54) is 30.7 Å². The van der Waals surface area contributed by atoms with Gasteiger partial charge >= 0.3 is 0 Å². The number of hydrogen-bond acceptors (Lipinski definition) is 5. The second-order valence-electron chi connectivity index (χ2n) is 3.91. The van der Waals surface area contributed by atoms with Gasteiger partial charge in [0, 0.05) is 12.1 Å². The van der Waals surface area contributed by atoms with E-state index in [9.17, 15) is 14.9 Å². The standard InChI is InChI=1S/C13H11N3O4/c17-13(15-14-9-12-5-2-6-20-12)8-10-3-1-4-11(7-10)16(18)19/h1-7,9H,8H2,(H,15,17). The van der Waals surface area contributed by atoms with E-state index in [0.717, 1.165) is 0 Å². The lowest BCUT2D eigenvalue weighted by molar-refractivity contribution is -0.384. The lowest BCUT2D eigenvalue weighted by atomic mass is 10.1. The van der Waals surface area contributed by atoms with Crippen molar-refractivity contribution < 1.29 is 14.1 Å². The molecule has 0 unspecified atom stereocenters. The number of furan rings is 1. The molecular weight excluding hydrogens is 262 g/mol. The van der Waals surface area contributed by atoms with Gasteiger partial charge in [-0.1, -0.05) is 12.1 Å². The summed E-state index contributed by atoms with van der Waals surface area (Å²) in [5, 5.41) is 14.3. The van der Waals surface area contributed by atoms with Crippen molar-refractivity contribution in [3.8, 4) is 0 Å². The molecule has 20 heavy (non-hydrogen) atoms. The van der Waals surface area contributed by atoms with Gasteiger partial charge < -0.3 is 4.42 Å². The van der Waals surface area contributed by atoms with Crippen LogP contribution in [0.15, 0.2) is 52.2 Å². The molecular formula is C13H11N3O4. The van der Waals surface area contributed by atoms with Crippen molar-refractivity contribution in [2.45, 2.75) is 6.42 Å². The maximum atomic E-state index is 11.6. The van der Waals surface area contributed by atoms with E-state index in [4.69, 9.17) is 4.42 Å². The molecule has 0 bridgehead atoms. The number of carbonyl (C=O) groups excluding carboxylic acids is 1. The number of carbonyl (C=O) groups is 1. The molecule has 0 atom stereocenters. The first-order valence-electron chi connectivity index (χ1n) is 5.74. The minimum atomic E-state index is -0.504. The third-order valence-electron chi connectivity index (χ3n) is 2.41. The fraction of sp³-hybridized carbons (Fsp3) is 0.0769. The number of hydrogen-bond donors (Lipinski definition) is 1. The molecule has 0 saturated carbocycles. The average Bonchev–Trinajstić information content (AvgIpc) is 2.92. The number of hydrazone groups is 1. The Morgan fingerprint density at radius 2 is 2.25 bits per heavy atom. The molecule has 1 N–H and O–H groups in total. The van der Waals surface area contributed by atoms with Gasteiger partial charge in [0.15, 0.2) is 0 Å². The van der Waals surface area contributed by atoms with Crippen LogP contribution in [0.1, 0.15) is 11.3 Å². The van der Waals surface area contributed by atoms with Crippen molar-refractivity contribution in [1.29, 1.82) is 0 Å². The summed E-state index contributed by atoms with van der Waals surface area (Å²) in [5.74, 6) is 0.147. The van der Waals surface area contributed by atoms with Crippen LogP contribution >= 0.6 is 0 Å². The molecule has 1 aromatic carbocycles. The van der Waals surface area contributed by atoms with E-state index >= 15 is 0 Å². The molecule has 0 aliphatic carbocycles. The second-order valence-corrected chi connectivity index (χ2v) is 3.91. The van der Waals surface area contributed by atoms with E-state index in [1.807, 2.05) is 0 Å². The maximum absolute atomic E-state index is 11.6. The van der Waals surface area contributed by atoms with Crippen LogP contribution in [0, 0.1) is 10.1 Å². The fourth-order valence-corrected chi connectivity index (χ4v) is 1.54. The first-order valence-corrected chi connectivity index (χ1v) is 5.74. The Morgan fingerprint density at radius 1 is 1.40 bits per heavy atom. The van der Waals surface area contributed by atoms with Gasteiger partial charge in [-0.2, -0.15) is 5.10 Å². The third-order valence-corrected chi connectivity index (χ3v) is 2.41. The van der Waals surface area contributed by atoms with Gasteiger partial charge in [-0.15, -0.1) is 0 Å². The van der Waals surface area contributed by atoms with Gasteiger partial charge in [-0.25, -0.2) is 5.43 Å². The van der Waals surface area contributed by atoms with Crippen molar-refractivity contribution >= 4 is 17.8 Å². The quantitative estimate of drug-likeness (QED) is 0.511. The molecule has 0 spiro atoms. The fourth-order valence-electron chi connectivity index (χ4n) is 1.54. The zero-order valence-electron chi connectivity index (χ0n) is 10.4. The van der Waals surface area contributed by atoms with Gasteiger partial charge in [0.1, 0.15) is 5.76 Å². The Morgan fingerprint density at radius 3 is 2.95 bits per heavy atom. The number of rotatable bonds is 5. The van der Waals surface area contributed by atoms with Gasteiger partial charge in [-0.05, 0) is 17.7 Å². The molecule has 0 aliphatic rings. The van der Waals surface area contributed by atoms with Crippen molar-refractivity contribution in [2.24, 2.45) is 5.10 Å². The van der Waals surface area contributed by atoms with Crippen LogP contribution < -0.4 is 5.43 Å². The molecule has 0 fully saturated rings. The predicted octanol–water partition coefficient (Wildman–Crippen LogP) is 1.88. The Balaban J connectivity index is 1.91. The minimum Gasteiger partial charge on any atom is -0.463 e. The zero-order valence-corrected chi connectivity index (χ0v) is 10.4. The van der Waals surface area contributed by atoms with E-state index in [2.05, 4.69) is 10.5 Å². The van der Waals surface area contributed by atoms with Crippen LogP contribution in [0.4, 0.5) is 5.69 Å². The SMILES string of the molecule is O=C(Cc1cccc([N+](=O)[O-])c1)NN=Cc1ccco1. The highest BCUT2D eigenvalue weighted by Gasteiger charge is 2.08. The van der Waals surface area contributed by atoms with Gasteiger partial charge in [-0.3, -0.25) is 14.9 Å². The van der Waals surface area contributed by atoms with Crippen molar-refractivity contribution in [3.05, 3.63) is 64.1 Å². The number of nitrogens with zero attached hydrogens (tertiary/aromatic N) is 2. The van der Waals surface area contributed by atoms with Crippen LogP contribution in [0.2, 0.25) is 0 Å². The summed E-state index contributed by atoms with van der Waals surface area (Å²) in [4.78, 5) is 21.7. The lowest BCUT2D eigenvalue weighted by Gasteiger charge is -2.00. The molecule has 7 nitrogen and oxygen atoms in total. The van der Waals surface area contributed by atoms with Gasteiger partial charge in [0.05, 0.1) is 23.8 Å². The van der Waals surface area contributed by atoms with Gasteiger partial charge in [0.2, 0.25) is 5.91 Å². The Bertz CT molecular complexity index is 635. The summed E-state index contributed by atoms with van der Waals surface area (Å²) < 4.78 is 5.00. The smallest absolute Gasteiger partial charge is 0.269 e. The number of nitro groups is 1. The van der Waals surface area contributed by atoms with Crippen LogP contribution in [0.25, 0.3) is 0 Å². The molecule has 0 radical (unpaired) electrons. The monoisotopic (exact) mass is 273 g/mol. The molecule has 1 amide bonds. The number of non-ortho nitro benzene ring substituents is 1. The first kappa shape index (κ1) is 13.5. The highest BCUT2D eigenvalue weighted by atomic mass is 16.6. The predicted molar refractivity (Wildman–Crippen MR) is 71.2 cm³/mol. The largest absolute Gasteiger partial charge is 0.463 e. The molecule has 7 heteroatoms. The Kier molecular flexibility index (Phi) is 4.23. The topological polar surface area (TPSA) is 97.7 Å². The Labute approximate surface area is 114 Å². The van der Waals surface area contributed by atoms with E-state index < -0.39 is 4.92 Å². The summed E-state index contributed by atoms with van der Waals surface area (Å²) in [6.45, 7) is 0. The van der Waals surface area contributed by atoms with Crippen LogP contribution in [-0.4, -0.2) is 17.0 Å². The number of benzene rings is 1. The second kappa shape index (κ2) is 6.28. The number of amides is 1. The summed E-state index contributed by atoms with van der Waals surface area (Å²) >= 11 is 0. The third kappa shape index (κ3) is 3.77. The molecule has 102 valence electrons. The normalized spacial score (nSPS) is 10.6. The van der Waals surface area contributed by atoms with Gasteiger partial charge in [0.25, 0.3) is 5.69 Å². The van der Waals surface area contributed by atoms with Crippen molar-refractivity contribution in [1.82, 2.24) is 5.43 Å². The first-order chi connectivity index (χ1) is 9.65. The summed E-state index contributed by atoms with van der Waals surface area (Å²) in [6, 6.07) is 9.30. The van der Waals surface area contributed by atoms with Crippen molar-refractivity contribution in [2.75, 3.05) is 0 Å².